The predicted molar refractivity (Wildman–Crippen MR) is 131 cm³/mol. The van der Waals surface area contributed by atoms with Crippen molar-refractivity contribution in [3.8, 4) is 5.75 Å². The Morgan fingerprint density at radius 2 is 1.77 bits per heavy atom. The second-order valence-electron chi connectivity index (χ2n) is 7.44. The van der Waals surface area contributed by atoms with Gasteiger partial charge in [0.1, 0.15) is 5.75 Å². The first-order valence-corrected chi connectivity index (χ1v) is 11.2. The van der Waals surface area contributed by atoms with Crippen molar-refractivity contribution in [2.24, 2.45) is 10.1 Å². The van der Waals surface area contributed by atoms with E-state index in [0.29, 0.717) is 33.4 Å². The van der Waals surface area contributed by atoms with E-state index in [1.807, 2.05) is 0 Å². The topological polar surface area (TPSA) is 119 Å². The number of ether oxygens (including phenoxy) is 3. The third-order valence-electron chi connectivity index (χ3n) is 5.39. The van der Waals surface area contributed by atoms with Crippen molar-refractivity contribution in [3.63, 3.8) is 0 Å². The molecule has 2 aliphatic rings. The van der Waals surface area contributed by atoms with Gasteiger partial charge < -0.3 is 14.2 Å². The number of nitrogens with zero attached hydrogens (tertiary/aromatic N) is 3. The Bertz CT molecular complexity index is 1290. The summed E-state index contributed by atoms with van der Waals surface area (Å²) in [5.41, 5.74) is 5.04. The number of aliphatic imine (C=N–C) groups is 1. The molecule has 10 nitrogen and oxygen atoms in total. The quantitative estimate of drug-likeness (QED) is 0.480. The normalized spacial score (nSPS) is 18.2. The summed E-state index contributed by atoms with van der Waals surface area (Å²) in [6, 6.07) is 12.9. The number of rotatable bonds is 6. The average Bonchev–Trinajstić information content (AvgIpc) is 3.20. The number of anilines is 1. The predicted octanol–water partition coefficient (Wildman–Crippen LogP) is 3.34. The number of carbonyl (C=O) groups is 3. The summed E-state index contributed by atoms with van der Waals surface area (Å²) in [5.74, 6) is -0.855. The SMILES string of the molecule is COC(=O)C1=C(C)N=C2S/C(=N\Nc3cccc(C(=O)OC)c3)C(=O)N2C1c1ccc(OC)cc1. The van der Waals surface area contributed by atoms with Crippen LogP contribution >= 0.6 is 11.8 Å². The van der Waals surface area contributed by atoms with Gasteiger partial charge in [-0.2, -0.15) is 5.10 Å². The number of methoxy groups -OCH3 is 3. The van der Waals surface area contributed by atoms with Gasteiger partial charge in [-0.25, -0.2) is 14.6 Å². The number of carbonyl (C=O) groups excluding carboxylic acids is 3. The van der Waals surface area contributed by atoms with Crippen LogP contribution in [-0.4, -0.2) is 54.3 Å². The molecule has 0 aromatic heterocycles. The highest BCUT2D eigenvalue weighted by Gasteiger charge is 2.46. The molecule has 0 saturated carbocycles. The van der Waals surface area contributed by atoms with Crippen molar-refractivity contribution in [2.45, 2.75) is 13.0 Å². The molecule has 180 valence electrons. The van der Waals surface area contributed by atoms with Crippen LogP contribution in [0.4, 0.5) is 5.69 Å². The van der Waals surface area contributed by atoms with Crippen molar-refractivity contribution in [1.82, 2.24) is 4.90 Å². The van der Waals surface area contributed by atoms with Crippen LogP contribution in [-0.2, 0) is 19.1 Å². The minimum atomic E-state index is -0.754. The lowest BCUT2D eigenvalue weighted by molar-refractivity contribution is -0.137. The molecule has 11 heteroatoms. The number of amidine groups is 1. The zero-order valence-corrected chi connectivity index (χ0v) is 20.2. The van der Waals surface area contributed by atoms with E-state index in [2.05, 4.69) is 15.5 Å². The largest absolute Gasteiger partial charge is 0.497 e. The van der Waals surface area contributed by atoms with Crippen LogP contribution < -0.4 is 10.2 Å². The Hall–Kier alpha value is -4.12. The van der Waals surface area contributed by atoms with E-state index in [9.17, 15) is 14.4 Å². The van der Waals surface area contributed by atoms with Crippen LogP contribution in [0.5, 0.6) is 5.75 Å². The van der Waals surface area contributed by atoms with Gasteiger partial charge in [-0.05, 0) is 54.6 Å². The molecule has 1 unspecified atom stereocenters. The Morgan fingerprint density at radius 3 is 2.43 bits per heavy atom. The molecular formula is C24H22N4O6S. The molecule has 1 N–H and O–H groups in total. The van der Waals surface area contributed by atoms with Crippen LogP contribution in [0.15, 0.2) is 69.9 Å². The number of nitrogens with one attached hydrogen (secondary N) is 1. The number of esters is 2. The van der Waals surface area contributed by atoms with Gasteiger partial charge in [-0.1, -0.05) is 18.2 Å². The van der Waals surface area contributed by atoms with Crippen LogP contribution in [0.3, 0.4) is 0 Å². The van der Waals surface area contributed by atoms with Crippen LogP contribution in [0.1, 0.15) is 28.9 Å². The molecule has 1 saturated heterocycles. The lowest BCUT2D eigenvalue weighted by Crippen LogP contribution is -2.40. The Morgan fingerprint density at radius 1 is 1.06 bits per heavy atom. The van der Waals surface area contributed by atoms with E-state index in [0.717, 1.165) is 11.8 Å². The summed E-state index contributed by atoms with van der Waals surface area (Å²) < 4.78 is 15.0. The fraction of sp³-hybridized carbons (Fsp3) is 0.208. The summed E-state index contributed by atoms with van der Waals surface area (Å²) in [7, 11) is 4.14. The molecule has 2 aromatic carbocycles. The van der Waals surface area contributed by atoms with Crippen LogP contribution in [0.2, 0.25) is 0 Å². The van der Waals surface area contributed by atoms with E-state index in [-0.39, 0.29) is 10.6 Å². The molecule has 0 aliphatic carbocycles. The molecule has 1 atom stereocenters. The number of thioether (sulfide) groups is 1. The van der Waals surface area contributed by atoms with E-state index in [1.54, 1.807) is 62.6 Å². The number of allylic oxidation sites excluding steroid dienone is 1. The number of hydrogen-bond donors (Lipinski definition) is 1. The summed E-state index contributed by atoms with van der Waals surface area (Å²) >= 11 is 1.08. The Balaban J connectivity index is 1.68. The lowest BCUT2D eigenvalue weighted by Gasteiger charge is -2.32. The van der Waals surface area contributed by atoms with Crippen molar-refractivity contribution >= 4 is 45.5 Å². The highest BCUT2D eigenvalue weighted by atomic mass is 32.2. The first-order chi connectivity index (χ1) is 16.9. The van der Waals surface area contributed by atoms with Gasteiger partial charge in [0.15, 0.2) is 10.2 Å². The highest BCUT2D eigenvalue weighted by molar-refractivity contribution is 8.29. The number of benzene rings is 2. The molecule has 35 heavy (non-hydrogen) atoms. The summed E-state index contributed by atoms with van der Waals surface area (Å²) in [4.78, 5) is 43.8. The van der Waals surface area contributed by atoms with Crippen LogP contribution in [0, 0.1) is 0 Å². The van der Waals surface area contributed by atoms with Crippen molar-refractivity contribution < 1.29 is 28.6 Å². The molecular weight excluding hydrogens is 472 g/mol. The molecule has 2 aromatic rings. The number of fused-ring (bicyclic) bond motifs is 1. The summed E-state index contributed by atoms with van der Waals surface area (Å²) in [6.45, 7) is 1.70. The van der Waals surface area contributed by atoms with Crippen molar-refractivity contribution in [1.29, 1.82) is 0 Å². The number of hydrogen-bond acceptors (Lipinski definition) is 10. The van der Waals surface area contributed by atoms with Gasteiger partial charge in [-0.15, -0.1) is 0 Å². The Labute approximate surface area is 205 Å². The molecule has 2 aliphatic heterocycles. The molecule has 1 amide bonds. The second-order valence-corrected chi connectivity index (χ2v) is 8.40. The molecule has 2 heterocycles. The summed E-state index contributed by atoms with van der Waals surface area (Å²) in [6.07, 6.45) is 0. The molecule has 0 bridgehead atoms. The fourth-order valence-electron chi connectivity index (χ4n) is 3.70. The monoisotopic (exact) mass is 494 g/mol. The third kappa shape index (κ3) is 4.62. The smallest absolute Gasteiger partial charge is 0.338 e. The maximum absolute atomic E-state index is 13.4. The average molecular weight is 495 g/mol. The fourth-order valence-corrected chi connectivity index (χ4v) is 4.61. The van der Waals surface area contributed by atoms with Gasteiger partial charge in [0.05, 0.1) is 49.9 Å². The maximum Gasteiger partial charge on any atom is 0.338 e. The highest BCUT2D eigenvalue weighted by Crippen LogP contribution is 2.42. The van der Waals surface area contributed by atoms with Crippen molar-refractivity contribution in [2.75, 3.05) is 26.8 Å². The maximum atomic E-state index is 13.4. The molecule has 0 radical (unpaired) electrons. The van der Waals surface area contributed by atoms with Gasteiger partial charge >= 0.3 is 11.9 Å². The molecule has 0 spiro atoms. The van der Waals surface area contributed by atoms with Gasteiger partial charge in [0, 0.05) is 0 Å². The van der Waals surface area contributed by atoms with Crippen LogP contribution in [0.25, 0.3) is 0 Å². The van der Waals surface area contributed by atoms with E-state index < -0.39 is 23.9 Å². The molecule has 1 fully saturated rings. The zero-order valence-electron chi connectivity index (χ0n) is 19.4. The number of amides is 1. The van der Waals surface area contributed by atoms with Gasteiger partial charge in [0.25, 0.3) is 5.91 Å². The van der Waals surface area contributed by atoms with Gasteiger partial charge in [-0.3, -0.25) is 15.1 Å². The lowest BCUT2D eigenvalue weighted by atomic mass is 9.94. The Kier molecular flexibility index (Phi) is 6.87. The van der Waals surface area contributed by atoms with E-state index in [1.165, 1.54) is 19.1 Å². The minimum Gasteiger partial charge on any atom is -0.497 e. The van der Waals surface area contributed by atoms with E-state index in [4.69, 9.17) is 14.2 Å². The first kappa shape index (κ1) is 24.0. The number of hydrazone groups is 1. The first-order valence-electron chi connectivity index (χ1n) is 10.4. The summed E-state index contributed by atoms with van der Waals surface area (Å²) in [5, 5.41) is 4.77. The third-order valence-corrected chi connectivity index (χ3v) is 6.32. The van der Waals surface area contributed by atoms with Crippen molar-refractivity contribution in [3.05, 3.63) is 70.9 Å². The zero-order chi connectivity index (χ0) is 25.1. The van der Waals surface area contributed by atoms with E-state index >= 15 is 0 Å². The second kappa shape index (κ2) is 10.0. The molecule has 4 rings (SSSR count). The minimum absolute atomic E-state index is 0.129. The standard InChI is InChI=1S/C24H22N4O6S/c1-13-18(23(31)34-4)19(14-8-10-17(32-2)11-9-14)28-21(29)20(35-24(28)25-13)27-26-16-7-5-6-15(12-16)22(30)33-3/h5-12,19,26H,1-4H3/b27-20-. The van der Waals surface area contributed by atoms with Gasteiger partial charge in [0.2, 0.25) is 0 Å².